The monoisotopic (exact) mass is 282 g/mol. The highest BCUT2D eigenvalue weighted by atomic mass is 35.5. The number of nitrogens with zero attached hydrogens (tertiary/aromatic N) is 2. The van der Waals surface area contributed by atoms with Gasteiger partial charge in [-0.15, -0.1) is 0 Å². The molecule has 1 atom stereocenters. The molecule has 2 aromatic carbocycles. The lowest BCUT2D eigenvalue weighted by atomic mass is 9.99. The molecule has 1 unspecified atom stereocenters. The minimum Gasteiger partial charge on any atom is -0.371 e. The molecular formula is C17H15ClN2. The highest BCUT2D eigenvalue weighted by Gasteiger charge is 2.24. The Bertz CT molecular complexity index is 646. The molecule has 0 amide bonds. The van der Waals surface area contributed by atoms with E-state index in [0.29, 0.717) is 16.5 Å². The molecule has 2 aromatic rings. The fraction of sp³-hybridized carbons (Fsp3) is 0.235. The van der Waals surface area contributed by atoms with Crippen LogP contribution in [0, 0.1) is 11.3 Å². The minimum atomic E-state index is 0.535. The molecule has 1 fully saturated rings. The molecule has 3 heteroatoms. The SMILES string of the molecule is N#Cc1ccc(N2CCC(c3ccccc3)C2)cc1Cl. The van der Waals surface area contributed by atoms with Crippen molar-refractivity contribution in [1.29, 1.82) is 5.26 Å². The van der Waals surface area contributed by atoms with Crippen molar-refractivity contribution in [2.75, 3.05) is 18.0 Å². The molecule has 20 heavy (non-hydrogen) atoms. The van der Waals surface area contributed by atoms with Gasteiger partial charge in [-0.2, -0.15) is 5.26 Å². The largest absolute Gasteiger partial charge is 0.371 e. The number of halogens is 1. The van der Waals surface area contributed by atoms with E-state index in [1.807, 2.05) is 12.1 Å². The zero-order valence-corrected chi connectivity index (χ0v) is 11.8. The summed E-state index contributed by atoms with van der Waals surface area (Å²) in [6, 6.07) is 18.4. The molecule has 1 aliphatic rings. The second-order valence-electron chi connectivity index (χ2n) is 5.12. The van der Waals surface area contributed by atoms with Crippen LogP contribution >= 0.6 is 11.6 Å². The van der Waals surface area contributed by atoms with Crippen LogP contribution in [-0.2, 0) is 0 Å². The lowest BCUT2D eigenvalue weighted by Gasteiger charge is -2.19. The van der Waals surface area contributed by atoms with E-state index in [1.54, 1.807) is 6.07 Å². The van der Waals surface area contributed by atoms with Crippen molar-refractivity contribution >= 4 is 17.3 Å². The van der Waals surface area contributed by atoms with Gasteiger partial charge in [-0.05, 0) is 30.2 Å². The Hall–Kier alpha value is -1.98. The Balaban J connectivity index is 1.78. The summed E-state index contributed by atoms with van der Waals surface area (Å²) in [4.78, 5) is 2.34. The number of benzene rings is 2. The van der Waals surface area contributed by atoms with Gasteiger partial charge >= 0.3 is 0 Å². The molecule has 0 saturated carbocycles. The molecule has 3 rings (SSSR count). The van der Waals surface area contributed by atoms with Gasteiger partial charge in [0.25, 0.3) is 0 Å². The average Bonchev–Trinajstić information content (AvgIpc) is 2.98. The lowest BCUT2D eigenvalue weighted by Crippen LogP contribution is -2.19. The van der Waals surface area contributed by atoms with Crippen LogP contribution in [0.4, 0.5) is 5.69 Å². The van der Waals surface area contributed by atoms with Crippen LogP contribution < -0.4 is 4.90 Å². The smallest absolute Gasteiger partial charge is 0.101 e. The van der Waals surface area contributed by atoms with Crippen molar-refractivity contribution in [3.8, 4) is 6.07 Å². The van der Waals surface area contributed by atoms with Crippen molar-refractivity contribution in [3.05, 3.63) is 64.7 Å². The first-order chi connectivity index (χ1) is 9.78. The van der Waals surface area contributed by atoms with E-state index >= 15 is 0 Å². The summed E-state index contributed by atoms with van der Waals surface area (Å²) >= 11 is 6.11. The Morgan fingerprint density at radius 2 is 1.95 bits per heavy atom. The fourth-order valence-electron chi connectivity index (χ4n) is 2.78. The van der Waals surface area contributed by atoms with Crippen LogP contribution in [0.2, 0.25) is 5.02 Å². The first kappa shape index (κ1) is 13.0. The third kappa shape index (κ3) is 2.50. The maximum atomic E-state index is 8.92. The second kappa shape index (κ2) is 5.56. The normalized spacial score (nSPS) is 18.0. The number of rotatable bonds is 2. The third-order valence-electron chi connectivity index (χ3n) is 3.90. The number of hydrogen-bond donors (Lipinski definition) is 0. The van der Waals surface area contributed by atoms with Crippen molar-refractivity contribution < 1.29 is 0 Å². The Kier molecular flexibility index (Phi) is 3.62. The molecule has 0 radical (unpaired) electrons. The van der Waals surface area contributed by atoms with Crippen molar-refractivity contribution in [1.82, 2.24) is 0 Å². The van der Waals surface area contributed by atoms with E-state index in [2.05, 4.69) is 41.3 Å². The molecule has 0 spiro atoms. The first-order valence-electron chi connectivity index (χ1n) is 6.77. The summed E-state index contributed by atoms with van der Waals surface area (Å²) in [6.45, 7) is 2.04. The van der Waals surface area contributed by atoms with Gasteiger partial charge < -0.3 is 4.90 Å². The number of hydrogen-bond acceptors (Lipinski definition) is 2. The zero-order chi connectivity index (χ0) is 13.9. The molecule has 0 aromatic heterocycles. The van der Waals surface area contributed by atoms with E-state index in [9.17, 15) is 0 Å². The predicted molar refractivity (Wildman–Crippen MR) is 82.2 cm³/mol. The van der Waals surface area contributed by atoms with Gasteiger partial charge in [0.15, 0.2) is 0 Å². The van der Waals surface area contributed by atoms with Gasteiger partial charge in [0.05, 0.1) is 10.6 Å². The van der Waals surface area contributed by atoms with Crippen LogP contribution in [-0.4, -0.2) is 13.1 Å². The minimum absolute atomic E-state index is 0.535. The van der Waals surface area contributed by atoms with E-state index < -0.39 is 0 Å². The van der Waals surface area contributed by atoms with Gasteiger partial charge in [0.1, 0.15) is 6.07 Å². The lowest BCUT2D eigenvalue weighted by molar-refractivity contribution is 0.775. The summed E-state index contributed by atoms with van der Waals surface area (Å²) in [5.74, 6) is 0.575. The number of nitriles is 1. The summed E-state index contributed by atoms with van der Waals surface area (Å²) < 4.78 is 0. The van der Waals surface area contributed by atoms with Crippen molar-refractivity contribution in [3.63, 3.8) is 0 Å². The van der Waals surface area contributed by atoms with Crippen LogP contribution in [0.3, 0.4) is 0 Å². The van der Waals surface area contributed by atoms with Gasteiger partial charge in [-0.25, -0.2) is 0 Å². The molecule has 1 saturated heterocycles. The van der Waals surface area contributed by atoms with E-state index in [1.165, 1.54) is 5.56 Å². The molecule has 100 valence electrons. The van der Waals surface area contributed by atoms with Crippen LogP contribution in [0.15, 0.2) is 48.5 Å². The fourth-order valence-corrected chi connectivity index (χ4v) is 3.00. The summed E-state index contributed by atoms with van der Waals surface area (Å²) in [6.07, 6.45) is 1.15. The molecule has 1 heterocycles. The van der Waals surface area contributed by atoms with E-state index in [4.69, 9.17) is 16.9 Å². The Morgan fingerprint density at radius 1 is 1.15 bits per heavy atom. The molecule has 0 bridgehead atoms. The highest BCUT2D eigenvalue weighted by Crippen LogP contribution is 2.32. The maximum Gasteiger partial charge on any atom is 0.101 e. The topological polar surface area (TPSA) is 27.0 Å². The van der Waals surface area contributed by atoms with E-state index in [0.717, 1.165) is 25.2 Å². The van der Waals surface area contributed by atoms with Crippen molar-refractivity contribution in [2.45, 2.75) is 12.3 Å². The van der Waals surface area contributed by atoms with Gasteiger partial charge in [0, 0.05) is 24.7 Å². The predicted octanol–water partition coefficient (Wildman–Crippen LogP) is 4.21. The summed E-state index contributed by atoms with van der Waals surface area (Å²) in [7, 11) is 0. The van der Waals surface area contributed by atoms with Crippen molar-refractivity contribution in [2.24, 2.45) is 0 Å². The molecule has 2 nitrogen and oxygen atoms in total. The van der Waals surface area contributed by atoms with E-state index in [-0.39, 0.29) is 0 Å². The van der Waals surface area contributed by atoms with Gasteiger partial charge in [-0.3, -0.25) is 0 Å². The standard InChI is InChI=1S/C17H15ClN2/c18-17-10-16(7-6-14(17)11-19)20-9-8-15(12-20)13-4-2-1-3-5-13/h1-7,10,15H,8-9,12H2. The van der Waals surface area contributed by atoms with Crippen LogP contribution in [0.5, 0.6) is 0 Å². The quantitative estimate of drug-likeness (QED) is 0.825. The Morgan fingerprint density at radius 3 is 2.65 bits per heavy atom. The maximum absolute atomic E-state index is 8.92. The van der Waals surface area contributed by atoms with Gasteiger partial charge in [-0.1, -0.05) is 41.9 Å². The molecular weight excluding hydrogens is 268 g/mol. The third-order valence-corrected chi connectivity index (χ3v) is 4.21. The average molecular weight is 283 g/mol. The molecule has 1 aliphatic heterocycles. The molecule has 0 N–H and O–H groups in total. The first-order valence-corrected chi connectivity index (χ1v) is 7.15. The van der Waals surface area contributed by atoms with Crippen LogP contribution in [0.25, 0.3) is 0 Å². The number of anilines is 1. The second-order valence-corrected chi connectivity index (χ2v) is 5.53. The van der Waals surface area contributed by atoms with Crippen LogP contribution in [0.1, 0.15) is 23.5 Å². The summed E-state index contributed by atoms with van der Waals surface area (Å²) in [5, 5.41) is 9.45. The summed E-state index contributed by atoms with van der Waals surface area (Å²) in [5.41, 5.74) is 3.04. The highest BCUT2D eigenvalue weighted by molar-refractivity contribution is 6.32. The zero-order valence-electron chi connectivity index (χ0n) is 11.1. The van der Waals surface area contributed by atoms with Gasteiger partial charge in [0.2, 0.25) is 0 Å². The molecule has 0 aliphatic carbocycles. The Labute approximate surface area is 124 Å².